The SMILES string of the molecule is CC(C)(C)P(C1CCC(P(C(C)(C)C)C(C)(C)C)C1=O)C(C)(C)C. The smallest absolute Gasteiger partial charge is 0.147 e. The van der Waals surface area contributed by atoms with Gasteiger partial charge in [-0.15, -0.1) is 0 Å². The molecule has 0 N–H and O–H groups in total. The minimum absolute atomic E-state index is 0.231. The van der Waals surface area contributed by atoms with Crippen LogP contribution in [-0.4, -0.2) is 37.7 Å². The molecule has 0 spiro atoms. The molecule has 0 heterocycles. The van der Waals surface area contributed by atoms with Gasteiger partial charge in [-0.25, -0.2) is 0 Å². The molecule has 0 aromatic carbocycles. The van der Waals surface area contributed by atoms with Gasteiger partial charge in [-0.2, -0.15) is 0 Å². The van der Waals surface area contributed by atoms with Crippen LogP contribution >= 0.6 is 15.8 Å². The van der Waals surface area contributed by atoms with Crippen molar-refractivity contribution in [2.75, 3.05) is 0 Å². The first-order valence-corrected chi connectivity index (χ1v) is 12.3. The fourth-order valence-electron chi connectivity index (χ4n) is 5.22. The Morgan fingerprint density at radius 3 is 0.958 bits per heavy atom. The van der Waals surface area contributed by atoms with E-state index in [1.807, 2.05) is 0 Å². The average Bonchev–Trinajstić information content (AvgIpc) is 2.54. The van der Waals surface area contributed by atoms with Crippen molar-refractivity contribution in [3.63, 3.8) is 0 Å². The van der Waals surface area contributed by atoms with E-state index < -0.39 is 0 Å². The number of carbonyl (C=O) groups is 1. The molecule has 1 saturated carbocycles. The topological polar surface area (TPSA) is 17.1 Å². The Kier molecular flexibility index (Phi) is 6.51. The van der Waals surface area contributed by atoms with Crippen LogP contribution in [0.3, 0.4) is 0 Å². The first kappa shape index (κ1) is 22.6. The zero-order chi connectivity index (χ0) is 19.3. The maximum atomic E-state index is 13.6. The van der Waals surface area contributed by atoms with Crippen molar-refractivity contribution in [3.8, 4) is 0 Å². The van der Waals surface area contributed by atoms with Crippen molar-refractivity contribution in [2.45, 2.75) is 128 Å². The number of hydrogen-bond donors (Lipinski definition) is 0. The van der Waals surface area contributed by atoms with Crippen LogP contribution in [0.4, 0.5) is 0 Å². The molecule has 2 atom stereocenters. The zero-order valence-electron chi connectivity index (χ0n) is 18.4. The highest BCUT2D eigenvalue weighted by Gasteiger charge is 2.52. The minimum Gasteiger partial charge on any atom is -0.298 e. The van der Waals surface area contributed by atoms with E-state index in [9.17, 15) is 4.79 Å². The first-order chi connectivity index (χ1) is 10.4. The van der Waals surface area contributed by atoms with Crippen LogP contribution in [0.25, 0.3) is 0 Å². The normalized spacial score (nSPS) is 24.3. The number of Topliss-reactive ketones (excluding diaryl/α,β-unsaturated/α-hetero) is 1. The van der Waals surface area contributed by atoms with Crippen LogP contribution in [0.1, 0.15) is 95.9 Å². The Morgan fingerprint density at radius 2 is 0.792 bits per heavy atom. The quantitative estimate of drug-likeness (QED) is 0.467. The Bertz CT molecular complexity index is 384. The van der Waals surface area contributed by atoms with E-state index in [0.717, 1.165) is 12.8 Å². The second-order valence-electron chi connectivity index (χ2n) is 11.4. The molecule has 2 unspecified atom stereocenters. The molecule has 0 radical (unpaired) electrons. The van der Waals surface area contributed by atoms with Crippen LogP contribution in [-0.2, 0) is 4.79 Å². The number of rotatable bonds is 2. The van der Waals surface area contributed by atoms with Crippen molar-refractivity contribution in [3.05, 3.63) is 0 Å². The van der Waals surface area contributed by atoms with Crippen molar-refractivity contribution in [1.29, 1.82) is 0 Å². The summed E-state index contributed by atoms with van der Waals surface area (Å²) in [4.78, 5) is 13.6. The molecule has 24 heavy (non-hydrogen) atoms. The van der Waals surface area contributed by atoms with Gasteiger partial charge < -0.3 is 0 Å². The van der Waals surface area contributed by atoms with Crippen LogP contribution in [0, 0.1) is 0 Å². The maximum Gasteiger partial charge on any atom is 0.147 e. The van der Waals surface area contributed by atoms with E-state index in [4.69, 9.17) is 0 Å². The summed E-state index contributed by atoms with van der Waals surface area (Å²) in [5.41, 5.74) is 0.611. The summed E-state index contributed by atoms with van der Waals surface area (Å²) in [5.74, 6) is 0.613. The highest BCUT2D eigenvalue weighted by molar-refractivity contribution is 7.65. The molecule has 0 amide bonds. The van der Waals surface area contributed by atoms with Gasteiger partial charge >= 0.3 is 0 Å². The fourth-order valence-corrected chi connectivity index (χ4v) is 14.8. The summed E-state index contributed by atoms with van der Waals surface area (Å²) in [5, 5.41) is 0.925. The van der Waals surface area contributed by atoms with Gasteiger partial charge in [0.1, 0.15) is 5.78 Å². The van der Waals surface area contributed by atoms with Gasteiger partial charge in [0.15, 0.2) is 0 Å². The summed E-state index contributed by atoms with van der Waals surface area (Å²) in [7, 11) is -0.691. The predicted octanol–water partition coefficient (Wildman–Crippen LogP) is 7.24. The average molecular weight is 373 g/mol. The molecule has 0 aromatic rings. The van der Waals surface area contributed by atoms with Crippen LogP contribution in [0.5, 0.6) is 0 Å². The van der Waals surface area contributed by atoms with Gasteiger partial charge in [0, 0.05) is 11.3 Å². The number of carbonyl (C=O) groups excluding carboxylic acids is 1. The van der Waals surface area contributed by atoms with E-state index >= 15 is 0 Å². The van der Waals surface area contributed by atoms with Gasteiger partial charge in [0.05, 0.1) is 0 Å². The number of ketones is 1. The molecule has 142 valence electrons. The van der Waals surface area contributed by atoms with Crippen LogP contribution in [0.2, 0.25) is 0 Å². The number of hydrogen-bond acceptors (Lipinski definition) is 1. The van der Waals surface area contributed by atoms with Crippen molar-refractivity contribution < 1.29 is 4.79 Å². The maximum absolute atomic E-state index is 13.6. The highest BCUT2D eigenvalue weighted by atomic mass is 31.1. The van der Waals surface area contributed by atoms with Gasteiger partial charge in [-0.3, -0.25) is 4.79 Å². The van der Waals surface area contributed by atoms with Crippen LogP contribution < -0.4 is 0 Å². The third-order valence-corrected chi connectivity index (χ3v) is 12.9. The molecular weight excluding hydrogens is 330 g/mol. The standard InChI is InChI=1S/C21H42OP2/c1-18(2,3)23(19(4,5)6)15-13-14-16(17(15)22)24(20(7,8)9)21(10,11)12/h15-16H,13-14H2,1-12H3. The third kappa shape index (κ3) is 5.04. The first-order valence-electron chi connectivity index (χ1n) is 9.51. The minimum atomic E-state index is -0.346. The lowest BCUT2D eigenvalue weighted by Gasteiger charge is -2.47. The summed E-state index contributed by atoms with van der Waals surface area (Å²) >= 11 is 0. The summed E-state index contributed by atoms with van der Waals surface area (Å²) in [6, 6.07) is 0. The van der Waals surface area contributed by atoms with E-state index in [-0.39, 0.29) is 36.5 Å². The molecule has 0 aromatic heterocycles. The third-order valence-electron chi connectivity index (χ3n) is 4.88. The summed E-state index contributed by atoms with van der Waals surface area (Å²) in [6.07, 6.45) is 2.24. The Morgan fingerprint density at radius 1 is 0.583 bits per heavy atom. The predicted molar refractivity (Wildman–Crippen MR) is 115 cm³/mol. The molecule has 1 rings (SSSR count). The van der Waals surface area contributed by atoms with Gasteiger partial charge in [0.25, 0.3) is 0 Å². The molecule has 1 aliphatic carbocycles. The molecule has 1 fully saturated rings. The van der Waals surface area contributed by atoms with Crippen molar-refractivity contribution >= 4 is 21.6 Å². The van der Waals surface area contributed by atoms with Gasteiger partial charge in [0.2, 0.25) is 0 Å². The van der Waals surface area contributed by atoms with E-state index in [2.05, 4.69) is 83.1 Å². The Balaban J connectivity index is 3.23. The molecule has 3 heteroatoms. The molecule has 1 aliphatic rings. The lowest BCUT2D eigenvalue weighted by molar-refractivity contribution is -0.116. The highest BCUT2D eigenvalue weighted by Crippen LogP contribution is 2.70. The fraction of sp³-hybridized carbons (Fsp3) is 0.952. The molecule has 0 aliphatic heterocycles. The van der Waals surface area contributed by atoms with Crippen LogP contribution in [0.15, 0.2) is 0 Å². The lowest BCUT2D eigenvalue weighted by Crippen LogP contribution is -2.38. The summed E-state index contributed by atoms with van der Waals surface area (Å²) in [6.45, 7) is 28.2. The molecule has 0 bridgehead atoms. The van der Waals surface area contributed by atoms with Crippen molar-refractivity contribution in [1.82, 2.24) is 0 Å². The molecule has 1 nitrogen and oxygen atoms in total. The Labute approximate surface area is 154 Å². The Hall–Kier alpha value is 0.530. The zero-order valence-corrected chi connectivity index (χ0v) is 20.2. The van der Waals surface area contributed by atoms with E-state index in [1.165, 1.54) is 0 Å². The molecule has 0 saturated heterocycles. The summed E-state index contributed by atoms with van der Waals surface area (Å²) < 4.78 is 0. The van der Waals surface area contributed by atoms with E-state index in [1.54, 1.807) is 0 Å². The van der Waals surface area contributed by atoms with Gasteiger partial charge in [-0.05, 0) is 33.5 Å². The largest absolute Gasteiger partial charge is 0.298 e. The second kappa shape index (κ2) is 6.93. The van der Waals surface area contributed by atoms with Gasteiger partial charge in [-0.1, -0.05) is 98.9 Å². The van der Waals surface area contributed by atoms with E-state index in [0.29, 0.717) is 17.1 Å². The monoisotopic (exact) mass is 372 g/mol. The van der Waals surface area contributed by atoms with Crippen molar-refractivity contribution in [2.24, 2.45) is 0 Å². The molecular formula is C21H42OP2. The second-order valence-corrected chi connectivity index (χ2v) is 19.5. The lowest BCUT2D eigenvalue weighted by atomic mass is 10.2.